The fraction of sp³-hybridized carbons (Fsp3) is 0.300. The van der Waals surface area contributed by atoms with Crippen LogP contribution in [0.25, 0.3) is 0 Å². The number of hydrogen-bond donors (Lipinski definition) is 0. The minimum Gasteiger partial charge on any atom is -0.369 e. The van der Waals surface area contributed by atoms with Gasteiger partial charge in [0.15, 0.2) is 0 Å². The lowest BCUT2D eigenvalue weighted by Gasteiger charge is -2.38. The molecule has 8 nitrogen and oxygen atoms in total. The van der Waals surface area contributed by atoms with Gasteiger partial charge in [-0.3, -0.25) is 24.6 Å². The van der Waals surface area contributed by atoms with E-state index in [0.29, 0.717) is 26.2 Å². The van der Waals surface area contributed by atoms with Gasteiger partial charge in [-0.05, 0) is 30.3 Å². The van der Waals surface area contributed by atoms with Crippen LogP contribution in [-0.2, 0) is 9.59 Å². The molecule has 150 valence electrons. The van der Waals surface area contributed by atoms with Gasteiger partial charge in [0.1, 0.15) is 5.82 Å². The van der Waals surface area contributed by atoms with Crippen molar-refractivity contribution < 1.29 is 18.9 Å². The fourth-order valence-electron chi connectivity index (χ4n) is 3.86. The molecular weight excluding hydrogens is 379 g/mol. The number of piperazine rings is 1. The molecule has 9 heteroatoms. The Morgan fingerprint density at radius 1 is 0.966 bits per heavy atom. The van der Waals surface area contributed by atoms with E-state index in [-0.39, 0.29) is 29.6 Å². The Bertz CT molecular complexity index is 957. The van der Waals surface area contributed by atoms with Crippen LogP contribution in [0.1, 0.15) is 6.42 Å². The number of carbonyl (C=O) groups is 2. The zero-order valence-corrected chi connectivity index (χ0v) is 15.5. The molecule has 2 fully saturated rings. The van der Waals surface area contributed by atoms with E-state index in [2.05, 4.69) is 4.90 Å². The molecule has 2 aromatic rings. The lowest BCUT2D eigenvalue weighted by atomic mass is 10.1. The molecule has 4 rings (SSSR count). The quantitative estimate of drug-likeness (QED) is 0.446. The summed E-state index contributed by atoms with van der Waals surface area (Å²) in [4.78, 5) is 40.7. The molecule has 0 saturated carbocycles. The van der Waals surface area contributed by atoms with Gasteiger partial charge in [0, 0.05) is 44.0 Å². The number of benzene rings is 2. The number of halogens is 1. The van der Waals surface area contributed by atoms with Crippen LogP contribution in [0.3, 0.4) is 0 Å². The van der Waals surface area contributed by atoms with E-state index >= 15 is 0 Å². The first-order valence-electron chi connectivity index (χ1n) is 9.30. The van der Waals surface area contributed by atoms with E-state index < -0.39 is 16.8 Å². The first-order chi connectivity index (χ1) is 13.9. The normalized spacial score (nSPS) is 20.4. The van der Waals surface area contributed by atoms with Crippen LogP contribution in [0, 0.1) is 15.9 Å². The predicted octanol–water partition coefficient (Wildman–Crippen LogP) is 2.19. The maximum atomic E-state index is 13.5. The number of rotatable bonds is 4. The van der Waals surface area contributed by atoms with Crippen molar-refractivity contribution in [2.45, 2.75) is 12.5 Å². The molecule has 2 aromatic carbocycles. The van der Waals surface area contributed by atoms with Gasteiger partial charge in [-0.25, -0.2) is 9.29 Å². The number of hydrogen-bond acceptors (Lipinski definition) is 6. The zero-order valence-electron chi connectivity index (χ0n) is 15.5. The number of amides is 2. The summed E-state index contributed by atoms with van der Waals surface area (Å²) in [7, 11) is 0. The smallest absolute Gasteiger partial charge is 0.269 e. The van der Waals surface area contributed by atoms with Crippen molar-refractivity contribution in [2.24, 2.45) is 0 Å². The summed E-state index contributed by atoms with van der Waals surface area (Å²) in [6.07, 6.45) is 0.0763. The van der Waals surface area contributed by atoms with Crippen molar-refractivity contribution in [3.8, 4) is 0 Å². The maximum Gasteiger partial charge on any atom is 0.269 e. The largest absolute Gasteiger partial charge is 0.369 e. The molecule has 2 aliphatic heterocycles. The number of nitro benzene ring substituents is 1. The Morgan fingerprint density at radius 2 is 1.66 bits per heavy atom. The van der Waals surface area contributed by atoms with Crippen LogP contribution in [0.4, 0.5) is 21.5 Å². The minimum atomic E-state index is -0.551. The second-order valence-electron chi connectivity index (χ2n) is 7.06. The third-order valence-corrected chi connectivity index (χ3v) is 5.37. The van der Waals surface area contributed by atoms with E-state index in [1.54, 1.807) is 18.2 Å². The first kappa shape index (κ1) is 19.0. The van der Waals surface area contributed by atoms with Crippen LogP contribution in [0.2, 0.25) is 0 Å². The summed E-state index contributed by atoms with van der Waals surface area (Å²) in [5, 5.41) is 10.8. The van der Waals surface area contributed by atoms with E-state index in [1.807, 2.05) is 4.90 Å². The third kappa shape index (κ3) is 3.68. The van der Waals surface area contributed by atoms with Gasteiger partial charge in [-0.15, -0.1) is 0 Å². The standard InChI is InChI=1S/C20H19FN4O4/c21-14-2-1-3-17(12-14)24-19(26)13-18(20(24)27)23-10-8-22(9-11-23)15-4-6-16(7-5-15)25(28)29/h1-7,12,18H,8-11,13H2/t18-/m1/s1. The summed E-state index contributed by atoms with van der Waals surface area (Å²) < 4.78 is 13.5. The molecule has 2 amide bonds. The Kier molecular flexibility index (Phi) is 4.98. The number of non-ortho nitro benzene ring substituents is 1. The van der Waals surface area contributed by atoms with Gasteiger partial charge in [-0.2, -0.15) is 0 Å². The van der Waals surface area contributed by atoms with Crippen LogP contribution in [-0.4, -0.2) is 53.9 Å². The van der Waals surface area contributed by atoms with E-state index in [4.69, 9.17) is 0 Å². The zero-order chi connectivity index (χ0) is 20.5. The molecular formula is C20H19FN4O4. The summed E-state index contributed by atoms with van der Waals surface area (Å²) in [6.45, 7) is 2.43. The van der Waals surface area contributed by atoms with Gasteiger partial charge in [0.05, 0.1) is 23.1 Å². The molecule has 2 aliphatic rings. The molecule has 0 N–H and O–H groups in total. The molecule has 29 heavy (non-hydrogen) atoms. The van der Waals surface area contributed by atoms with Gasteiger partial charge in [0.2, 0.25) is 5.91 Å². The van der Waals surface area contributed by atoms with Crippen LogP contribution in [0.5, 0.6) is 0 Å². The highest BCUT2D eigenvalue weighted by Gasteiger charge is 2.43. The first-order valence-corrected chi connectivity index (χ1v) is 9.30. The molecule has 1 atom stereocenters. The summed E-state index contributed by atoms with van der Waals surface area (Å²) in [5.74, 6) is -1.16. The Hall–Kier alpha value is -3.33. The lowest BCUT2D eigenvalue weighted by molar-refractivity contribution is -0.384. The lowest BCUT2D eigenvalue weighted by Crippen LogP contribution is -2.52. The van der Waals surface area contributed by atoms with Crippen molar-refractivity contribution >= 4 is 28.9 Å². The third-order valence-electron chi connectivity index (χ3n) is 5.37. The van der Waals surface area contributed by atoms with E-state index in [1.165, 1.54) is 30.3 Å². The average molecular weight is 398 g/mol. The molecule has 0 radical (unpaired) electrons. The summed E-state index contributed by atoms with van der Waals surface area (Å²) >= 11 is 0. The second-order valence-corrected chi connectivity index (χ2v) is 7.06. The fourth-order valence-corrected chi connectivity index (χ4v) is 3.86. The number of imide groups is 1. The molecule has 2 heterocycles. The topological polar surface area (TPSA) is 87.0 Å². The number of nitrogens with zero attached hydrogens (tertiary/aromatic N) is 4. The van der Waals surface area contributed by atoms with Gasteiger partial charge in [-0.1, -0.05) is 6.07 Å². The molecule has 2 saturated heterocycles. The number of anilines is 2. The highest BCUT2D eigenvalue weighted by Crippen LogP contribution is 2.28. The average Bonchev–Trinajstić information content (AvgIpc) is 3.02. The Balaban J connectivity index is 1.41. The van der Waals surface area contributed by atoms with Crippen molar-refractivity contribution in [3.63, 3.8) is 0 Å². The Labute approximate surface area is 166 Å². The SMILES string of the molecule is O=C1C[C@@H](N2CCN(c3ccc([N+](=O)[O-])cc3)CC2)C(=O)N1c1cccc(F)c1. The monoisotopic (exact) mass is 398 g/mol. The number of nitro groups is 1. The molecule has 0 aromatic heterocycles. The van der Waals surface area contributed by atoms with Gasteiger partial charge < -0.3 is 4.90 Å². The summed E-state index contributed by atoms with van der Waals surface area (Å²) in [5.41, 5.74) is 1.18. The van der Waals surface area contributed by atoms with E-state index in [9.17, 15) is 24.1 Å². The Morgan fingerprint density at radius 3 is 2.28 bits per heavy atom. The van der Waals surface area contributed by atoms with E-state index in [0.717, 1.165) is 10.6 Å². The van der Waals surface area contributed by atoms with Crippen molar-refractivity contribution in [1.82, 2.24) is 4.90 Å². The predicted molar refractivity (Wildman–Crippen MR) is 104 cm³/mol. The molecule has 0 spiro atoms. The minimum absolute atomic E-state index is 0.0416. The number of carbonyl (C=O) groups excluding carboxylic acids is 2. The van der Waals surface area contributed by atoms with Crippen molar-refractivity contribution in [2.75, 3.05) is 36.0 Å². The highest BCUT2D eigenvalue weighted by molar-refractivity contribution is 6.22. The molecule has 0 unspecified atom stereocenters. The highest BCUT2D eigenvalue weighted by atomic mass is 19.1. The molecule has 0 aliphatic carbocycles. The molecule has 0 bridgehead atoms. The van der Waals surface area contributed by atoms with Gasteiger partial charge >= 0.3 is 0 Å². The van der Waals surface area contributed by atoms with Crippen molar-refractivity contribution in [3.05, 3.63) is 64.5 Å². The van der Waals surface area contributed by atoms with Crippen molar-refractivity contribution in [1.29, 1.82) is 0 Å². The second kappa shape index (κ2) is 7.59. The summed E-state index contributed by atoms with van der Waals surface area (Å²) in [6, 6.07) is 11.3. The van der Waals surface area contributed by atoms with Crippen LogP contribution in [0.15, 0.2) is 48.5 Å². The van der Waals surface area contributed by atoms with Crippen LogP contribution < -0.4 is 9.80 Å². The maximum absolute atomic E-state index is 13.5. The van der Waals surface area contributed by atoms with Crippen LogP contribution >= 0.6 is 0 Å². The van der Waals surface area contributed by atoms with Gasteiger partial charge in [0.25, 0.3) is 11.6 Å².